The Labute approximate surface area is 128 Å². The molecule has 2 aromatic carbocycles. The first-order valence-electron chi connectivity index (χ1n) is 7.93. The molecular weight excluding hydrogens is 256 g/mol. The van der Waals surface area contributed by atoms with Crippen LogP contribution in [-0.2, 0) is 0 Å². The van der Waals surface area contributed by atoms with Crippen LogP contribution in [0.4, 0.5) is 17.1 Å². The average Bonchev–Trinajstić information content (AvgIpc) is 2.54. The van der Waals surface area contributed by atoms with E-state index in [1.54, 1.807) is 0 Å². The lowest BCUT2D eigenvalue weighted by molar-refractivity contribution is 0.610. The van der Waals surface area contributed by atoms with E-state index >= 15 is 0 Å². The van der Waals surface area contributed by atoms with Crippen LogP contribution in [0.15, 0.2) is 54.6 Å². The highest BCUT2D eigenvalue weighted by molar-refractivity contribution is 5.62. The summed E-state index contributed by atoms with van der Waals surface area (Å²) >= 11 is 0. The average molecular weight is 282 g/mol. The van der Waals surface area contributed by atoms with Crippen molar-refractivity contribution >= 4 is 17.1 Å². The lowest BCUT2D eigenvalue weighted by Crippen LogP contribution is -2.33. The van der Waals surface area contributed by atoms with Gasteiger partial charge in [0.15, 0.2) is 0 Å². The second-order valence-corrected chi connectivity index (χ2v) is 5.49. The molecule has 0 aliphatic heterocycles. The van der Waals surface area contributed by atoms with Gasteiger partial charge in [-0.3, -0.25) is 0 Å². The molecule has 0 spiro atoms. The summed E-state index contributed by atoms with van der Waals surface area (Å²) in [7, 11) is 0. The summed E-state index contributed by atoms with van der Waals surface area (Å²) in [6.07, 6.45) is 2.35. The molecular formula is C19H26N2. The monoisotopic (exact) mass is 282 g/mol. The van der Waals surface area contributed by atoms with Crippen molar-refractivity contribution in [2.75, 3.05) is 16.8 Å². The maximum absolute atomic E-state index is 3.43. The van der Waals surface area contributed by atoms with Crippen LogP contribution in [0.25, 0.3) is 0 Å². The van der Waals surface area contributed by atoms with Crippen molar-refractivity contribution in [1.29, 1.82) is 0 Å². The summed E-state index contributed by atoms with van der Waals surface area (Å²) < 4.78 is 0. The Hall–Kier alpha value is -1.96. The van der Waals surface area contributed by atoms with Gasteiger partial charge in [0.05, 0.1) is 0 Å². The number of hydrogen-bond acceptors (Lipinski definition) is 2. The predicted molar refractivity (Wildman–Crippen MR) is 93.6 cm³/mol. The van der Waals surface area contributed by atoms with Gasteiger partial charge in [-0.15, -0.1) is 0 Å². The molecule has 0 aromatic heterocycles. The molecule has 0 saturated carbocycles. The molecule has 21 heavy (non-hydrogen) atoms. The highest BCUT2D eigenvalue weighted by Crippen LogP contribution is 2.23. The maximum atomic E-state index is 3.43. The van der Waals surface area contributed by atoms with Gasteiger partial charge >= 0.3 is 0 Å². The van der Waals surface area contributed by atoms with Crippen molar-refractivity contribution in [2.24, 2.45) is 0 Å². The van der Waals surface area contributed by atoms with Gasteiger partial charge in [-0.1, -0.05) is 32.0 Å². The molecule has 2 aromatic rings. The van der Waals surface area contributed by atoms with Gasteiger partial charge in [0.2, 0.25) is 0 Å². The number of nitrogens with zero attached hydrogens (tertiary/aromatic N) is 1. The number of nitrogens with one attached hydrogen (secondary N) is 1. The van der Waals surface area contributed by atoms with E-state index in [1.807, 2.05) is 18.2 Å². The van der Waals surface area contributed by atoms with Crippen molar-refractivity contribution in [3.63, 3.8) is 0 Å². The summed E-state index contributed by atoms with van der Waals surface area (Å²) in [4.78, 5) is 2.49. The Balaban J connectivity index is 2.10. The van der Waals surface area contributed by atoms with Crippen LogP contribution in [0.5, 0.6) is 0 Å². The van der Waals surface area contributed by atoms with Crippen LogP contribution >= 0.6 is 0 Å². The van der Waals surface area contributed by atoms with E-state index < -0.39 is 0 Å². The van der Waals surface area contributed by atoms with Crippen molar-refractivity contribution in [1.82, 2.24) is 0 Å². The minimum absolute atomic E-state index is 0.581. The van der Waals surface area contributed by atoms with E-state index in [9.17, 15) is 0 Å². The van der Waals surface area contributed by atoms with Gasteiger partial charge in [-0.25, -0.2) is 0 Å². The largest absolute Gasteiger partial charge is 0.369 e. The van der Waals surface area contributed by atoms with Gasteiger partial charge in [0.25, 0.3) is 0 Å². The normalized spacial score (nSPS) is 12.0. The molecule has 1 unspecified atom stereocenters. The molecule has 0 fully saturated rings. The first-order valence-corrected chi connectivity index (χ1v) is 7.93. The standard InChI is InChI=1S/C19H26N2/c1-4-15-21(16(3)5-2)19-13-11-18(12-14-19)20-17-9-7-6-8-10-17/h6-14,16,20H,4-5,15H2,1-3H3. The number of anilines is 3. The molecule has 1 N–H and O–H groups in total. The number of hydrogen-bond donors (Lipinski definition) is 1. The third-order valence-electron chi connectivity index (χ3n) is 3.85. The van der Waals surface area contributed by atoms with E-state index in [0.717, 1.165) is 17.9 Å². The van der Waals surface area contributed by atoms with Gasteiger partial charge in [0.1, 0.15) is 0 Å². The number of benzene rings is 2. The fourth-order valence-corrected chi connectivity index (χ4v) is 2.49. The number of para-hydroxylation sites is 1. The van der Waals surface area contributed by atoms with Crippen LogP contribution in [-0.4, -0.2) is 12.6 Å². The van der Waals surface area contributed by atoms with Crippen molar-refractivity contribution in [3.05, 3.63) is 54.6 Å². The van der Waals surface area contributed by atoms with E-state index in [1.165, 1.54) is 18.5 Å². The van der Waals surface area contributed by atoms with E-state index in [4.69, 9.17) is 0 Å². The quantitative estimate of drug-likeness (QED) is 0.727. The summed E-state index contributed by atoms with van der Waals surface area (Å²) in [5, 5.41) is 3.43. The summed E-state index contributed by atoms with van der Waals surface area (Å²) in [6.45, 7) is 7.89. The summed E-state index contributed by atoms with van der Waals surface area (Å²) in [6, 6.07) is 19.6. The van der Waals surface area contributed by atoms with E-state index in [-0.39, 0.29) is 0 Å². The zero-order chi connectivity index (χ0) is 15.1. The minimum Gasteiger partial charge on any atom is -0.369 e. The Morgan fingerprint density at radius 2 is 1.52 bits per heavy atom. The van der Waals surface area contributed by atoms with Gasteiger partial charge in [0, 0.05) is 29.6 Å². The molecule has 0 aliphatic rings. The Bertz CT molecular complexity index is 519. The zero-order valence-electron chi connectivity index (χ0n) is 13.3. The molecule has 1 atom stereocenters. The van der Waals surface area contributed by atoms with Crippen molar-refractivity contribution in [2.45, 2.75) is 39.7 Å². The molecule has 0 bridgehead atoms. The third kappa shape index (κ3) is 4.25. The summed E-state index contributed by atoms with van der Waals surface area (Å²) in [5.74, 6) is 0. The van der Waals surface area contributed by atoms with Gasteiger partial charge in [-0.05, 0) is 56.2 Å². The minimum atomic E-state index is 0.581. The van der Waals surface area contributed by atoms with Gasteiger partial charge < -0.3 is 10.2 Å². The van der Waals surface area contributed by atoms with E-state index in [0.29, 0.717) is 6.04 Å². The third-order valence-corrected chi connectivity index (χ3v) is 3.85. The second-order valence-electron chi connectivity index (χ2n) is 5.49. The van der Waals surface area contributed by atoms with Crippen molar-refractivity contribution < 1.29 is 0 Å². The molecule has 0 radical (unpaired) electrons. The first-order chi connectivity index (χ1) is 10.2. The van der Waals surface area contributed by atoms with Crippen LogP contribution in [0, 0.1) is 0 Å². The maximum Gasteiger partial charge on any atom is 0.0385 e. The lowest BCUT2D eigenvalue weighted by atomic mass is 10.1. The fourth-order valence-electron chi connectivity index (χ4n) is 2.49. The number of rotatable bonds is 7. The Morgan fingerprint density at radius 1 is 0.905 bits per heavy atom. The lowest BCUT2D eigenvalue weighted by Gasteiger charge is -2.30. The van der Waals surface area contributed by atoms with Crippen LogP contribution in [0.1, 0.15) is 33.6 Å². The topological polar surface area (TPSA) is 15.3 Å². The Kier molecular flexibility index (Phi) is 5.68. The molecule has 0 saturated heterocycles. The van der Waals surface area contributed by atoms with Crippen LogP contribution in [0.2, 0.25) is 0 Å². The fraction of sp³-hybridized carbons (Fsp3) is 0.368. The Morgan fingerprint density at radius 3 is 2.10 bits per heavy atom. The molecule has 0 aliphatic carbocycles. The SMILES string of the molecule is CCCN(c1ccc(Nc2ccccc2)cc1)C(C)CC. The second kappa shape index (κ2) is 7.72. The van der Waals surface area contributed by atoms with Gasteiger partial charge in [-0.2, -0.15) is 0 Å². The molecule has 2 nitrogen and oxygen atoms in total. The molecule has 0 heterocycles. The molecule has 0 amide bonds. The highest BCUT2D eigenvalue weighted by atomic mass is 15.2. The first kappa shape index (κ1) is 15.4. The van der Waals surface area contributed by atoms with Crippen LogP contribution in [0.3, 0.4) is 0 Å². The zero-order valence-corrected chi connectivity index (χ0v) is 13.3. The van der Waals surface area contributed by atoms with Crippen molar-refractivity contribution in [3.8, 4) is 0 Å². The summed E-state index contributed by atoms with van der Waals surface area (Å²) in [5.41, 5.74) is 3.56. The molecule has 2 rings (SSSR count). The van der Waals surface area contributed by atoms with E-state index in [2.05, 4.69) is 67.4 Å². The van der Waals surface area contributed by atoms with Crippen LogP contribution < -0.4 is 10.2 Å². The smallest absolute Gasteiger partial charge is 0.0385 e. The highest BCUT2D eigenvalue weighted by Gasteiger charge is 2.11. The molecule has 2 heteroatoms. The molecule has 112 valence electrons. The predicted octanol–water partition coefficient (Wildman–Crippen LogP) is 5.45.